The quantitative estimate of drug-likeness (QED) is 0.940. The first-order valence-electron chi connectivity index (χ1n) is 5.57. The summed E-state index contributed by atoms with van der Waals surface area (Å²) in [6.45, 7) is 2.61. The van der Waals surface area contributed by atoms with Crippen molar-refractivity contribution in [2.75, 3.05) is 7.11 Å². The molecule has 5 nitrogen and oxygen atoms in total. The Morgan fingerprint density at radius 3 is 2.94 bits per heavy atom. The summed E-state index contributed by atoms with van der Waals surface area (Å²) in [6.07, 6.45) is 0.762. The van der Waals surface area contributed by atoms with Gasteiger partial charge in [0.2, 0.25) is 0 Å². The van der Waals surface area contributed by atoms with Gasteiger partial charge in [-0.15, -0.1) is 5.10 Å². The number of aliphatic hydroxyl groups excluding tert-OH is 1. The third kappa shape index (κ3) is 2.39. The molecule has 0 saturated carbocycles. The highest BCUT2D eigenvalue weighted by atomic mass is 79.9. The molecule has 0 aliphatic carbocycles. The van der Waals surface area contributed by atoms with E-state index in [1.165, 1.54) is 0 Å². The Balaban J connectivity index is 2.42. The first-order chi connectivity index (χ1) is 8.67. The summed E-state index contributed by atoms with van der Waals surface area (Å²) in [4.78, 5) is 0. The van der Waals surface area contributed by atoms with Crippen LogP contribution in [-0.2, 0) is 6.54 Å². The molecule has 6 heteroatoms. The molecule has 1 N–H and O–H groups in total. The van der Waals surface area contributed by atoms with Gasteiger partial charge < -0.3 is 9.84 Å². The Morgan fingerprint density at radius 1 is 1.50 bits per heavy atom. The normalized spacial score (nSPS) is 12.4. The van der Waals surface area contributed by atoms with Crippen LogP contribution in [0.4, 0.5) is 0 Å². The maximum atomic E-state index is 10.4. The molecule has 0 radical (unpaired) electrons. The molecular formula is C12H14BrN3O2. The molecule has 18 heavy (non-hydrogen) atoms. The predicted molar refractivity (Wildman–Crippen MR) is 70.5 cm³/mol. The topological polar surface area (TPSA) is 60.2 Å². The number of aliphatic hydroxyl groups is 1. The van der Waals surface area contributed by atoms with Crippen molar-refractivity contribution >= 4 is 15.9 Å². The average molecular weight is 312 g/mol. The summed E-state index contributed by atoms with van der Waals surface area (Å²) >= 11 is 3.37. The maximum absolute atomic E-state index is 10.4. The molecule has 1 aromatic heterocycles. The van der Waals surface area contributed by atoms with Crippen molar-refractivity contribution in [3.8, 4) is 5.75 Å². The Morgan fingerprint density at radius 2 is 2.28 bits per heavy atom. The van der Waals surface area contributed by atoms with Crippen LogP contribution in [0.1, 0.15) is 24.3 Å². The van der Waals surface area contributed by atoms with Crippen LogP contribution in [0.25, 0.3) is 0 Å². The first kappa shape index (κ1) is 13.0. The van der Waals surface area contributed by atoms with Crippen molar-refractivity contribution in [1.29, 1.82) is 0 Å². The molecule has 1 atom stereocenters. The Bertz CT molecular complexity index is 542. The van der Waals surface area contributed by atoms with E-state index in [1.807, 2.05) is 25.1 Å². The van der Waals surface area contributed by atoms with Crippen molar-refractivity contribution in [3.63, 3.8) is 0 Å². The molecule has 2 rings (SSSR count). The van der Waals surface area contributed by atoms with Crippen LogP contribution < -0.4 is 4.74 Å². The third-order valence-corrected chi connectivity index (χ3v) is 3.21. The number of halogens is 1. The van der Waals surface area contributed by atoms with E-state index in [4.69, 9.17) is 4.74 Å². The second kappa shape index (κ2) is 5.49. The third-order valence-electron chi connectivity index (χ3n) is 2.72. The van der Waals surface area contributed by atoms with Gasteiger partial charge in [-0.25, -0.2) is 4.68 Å². The number of aromatic nitrogens is 3. The number of aryl methyl sites for hydroxylation is 1. The van der Waals surface area contributed by atoms with Crippen LogP contribution in [0.2, 0.25) is 0 Å². The molecule has 0 spiro atoms. The number of hydrogen-bond acceptors (Lipinski definition) is 4. The van der Waals surface area contributed by atoms with Crippen LogP contribution in [0.5, 0.6) is 5.75 Å². The zero-order valence-electron chi connectivity index (χ0n) is 10.2. The minimum atomic E-state index is -0.803. The molecule has 0 amide bonds. The molecule has 1 unspecified atom stereocenters. The Labute approximate surface area is 114 Å². The molecule has 96 valence electrons. The summed E-state index contributed by atoms with van der Waals surface area (Å²) in [5.41, 5.74) is 1.34. The number of nitrogens with zero attached hydrogens (tertiary/aromatic N) is 3. The molecule has 2 aromatic rings. The largest absolute Gasteiger partial charge is 0.496 e. The van der Waals surface area contributed by atoms with E-state index in [2.05, 4.69) is 26.2 Å². The van der Waals surface area contributed by atoms with E-state index in [1.54, 1.807) is 18.0 Å². The van der Waals surface area contributed by atoms with E-state index in [9.17, 15) is 5.11 Å². The highest BCUT2D eigenvalue weighted by Gasteiger charge is 2.19. The molecular weight excluding hydrogens is 298 g/mol. The maximum Gasteiger partial charge on any atom is 0.126 e. The van der Waals surface area contributed by atoms with E-state index in [0.717, 1.165) is 4.47 Å². The lowest BCUT2D eigenvalue weighted by molar-refractivity contribution is 0.203. The van der Waals surface area contributed by atoms with Crippen LogP contribution in [-0.4, -0.2) is 27.2 Å². The van der Waals surface area contributed by atoms with Gasteiger partial charge in [-0.1, -0.05) is 27.2 Å². The fourth-order valence-corrected chi connectivity index (χ4v) is 2.13. The van der Waals surface area contributed by atoms with Crippen molar-refractivity contribution in [3.05, 3.63) is 40.1 Å². The van der Waals surface area contributed by atoms with E-state index in [-0.39, 0.29) is 0 Å². The molecule has 1 heterocycles. The summed E-state index contributed by atoms with van der Waals surface area (Å²) in [6, 6.07) is 5.50. The summed E-state index contributed by atoms with van der Waals surface area (Å²) in [7, 11) is 1.58. The SMILES string of the molecule is CCn1nncc1C(O)c1ccc(Br)cc1OC. The molecule has 1 aromatic carbocycles. The van der Waals surface area contributed by atoms with Gasteiger partial charge in [0, 0.05) is 16.6 Å². The minimum Gasteiger partial charge on any atom is -0.496 e. The lowest BCUT2D eigenvalue weighted by Gasteiger charge is -2.15. The van der Waals surface area contributed by atoms with Gasteiger partial charge in [-0.2, -0.15) is 0 Å². The first-order valence-corrected chi connectivity index (χ1v) is 6.36. The fraction of sp³-hybridized carbons (Fsp3) is 0.333. The molecule has 0 fully saturated rings. The highest BCUT2D eigenvalue weighted by Crippen LogP contribution is 2.31. The highest BCUT2D eigenvalue weighted by molar-refractivity contribution is 9.10. The molecule has 0 aliphatic heterocycles. The van der Waals surface area contributed by atoms with Crippen LogP contribution in [0.3, 0.4) is 0 Å². The fourth-order valence-electron chi connectivity index (χ4n) is 1.79. The standard InChI is InChI=1S/C12H14BrN3O2/c1-3-16-10(7-14-15-16)12(17)9-5-4-8(13)6-11(9)18-2/h4-7,12,17H,3H2,1-2H3. The van der Waals surface area contributed by atoms with Crippen LogP contribution >= 0.6 is 15.9 Å². The van der Waals surface area contributed by atoms with Crippen molar-refractivity contribution in [2.24, 2.45) is 0 Å². The molecule has 0 bridgehead atoms. The van der Waals surface area contributed by atoms with E-state index < -0.39 is 6.10 Å². The lowest BCUT2D eigenvalue weighted by atomic mass is 10.1. The van der Waals surface area contributed by atoms with Gasteiger partial charge in [0.05, 0.1) is 19.0 Å². The number of hydrogen-bond donors (Lipinski definition) is 1. The van der Waals surface area contributed by atoms with Gasteiger partial charge in [0.25, 0.3) is 0 Å². The second-order valence-electron chi connectivity index (χ2n) is 3.76. The van der Waals surface area contributed by atoms with Crippen molar-refractivity contribution in [2.45, 2.75) is 19.6 Å². The Kier molecular flexibility index (Phi) is 3.98. The number of ether oxygens (including phenoxy) is 1. The van der Waals surface area contributed by atoms with E-state index >= 15 is 0 Å². The molecule has 0 aliphatic rings. The smallest absolute Gasteiger partial charge is 0.126 e. The van der Waals surface area contributed by atoms with Crippen LogP contribution in [0.15, 0.2) is 28.9 Å². The monoisotopic (exact) mass is 311 g/mol. The van der Waals surface area contributed by atoms with Gasteiger partial charge in [-0.05, 0) is 19.1 Å². The molecule has 0 saturated heterocycles. The number of methoxy groups -OCH3 is 1. The lowest BCUT2D eigenvalue weighted by Crippen LogP contribution is -2.10. The summed E-state index contributed by atoms with van der Waals surface area (Å²) in [5.74, 6) is 0.626. The zero-order chi connectivity index (χ0) is 13.1. The van der Waals surface area contributed by atoms with Crippen molar-refractivity contribution in [1.82, 2.24) is 15.0 Å². The summed E-state index contributed by atoms with van der Waals surface area (Å²) < 4.78 is 7.84. The summed E-state index contributed by atoms with van der Waals surface area (Å²) in [5, 5.41) is 18.1. The average Bonchev–Trinajstić information content (AvgIpc) is 2.86. The van der Waals surface area contributed by atoms with Gasteiger partial charge in [-0.3, -0.25) is 0 Å². The predicted octanol–water partition coefficient (Wildman–Crippen LogP) is 2.15. The second-order valence-corrected chi connectivity index (χ2v) is 4.68. The van der Waals surface area contributed by atoms with Gasteiger partial charge in [0.15, 0.2) is 0 Å². The van der Waals surface area contributed by atoms with E-state index in [0.29, 0.717) is 23.6 Å². The minimum absolute atomic E-state index is 0.626. The Hall–Kier alpha value is -1.40. The zero-order valence-corrected chi connectivity index (χ0v) is 11.8. The number of benzene rings is 1. The number of rotatable bonds is 4. The van der Waals surface area contributed by atoms with Gasteiger partial charge >= 0.3 is 0 Å². The van der Waals surface area contributed by atoms with Crippen molar-refractivity contribution < 1.29 is 9.84 Å². The van der Waals surface area contributed by atoms with Crippen LogP contribution in [0, 0.1) is 0 Å². The van der Waals surface area contributed by atoms with Gasteiger partial charge in [0.1, 0.15) is 11.9 Å².